The third-order valence-corrected chi connectivity index (χ3v) is 5.54. The van der Waals surface area contributed by atoms with E-state index in [4.69, 9.17) is 23.5 Å². The van der Waals surface area contributed by atoms with Crippen molar-refractivity contribution < 1.29 is 28.3 Å². The number of benzene rings is 1. The first-order valence-corrected chi connectivity index (χ1v) is 10.3. The van der Waals surface area contributed by atoms with Gasteiger partial charge in [-0.2, -0.15) is 0 Å². The molecule has 0 radical (unpaired) electrons. The number of hydrogen-bond donors (Lipinski definition) is 0. The number of ether oxygens (including phenoxy) is 3. The number of carbonyl (C=O) groups is 1. The fraction of sp³-hybridized carbons (Fsp3) is 0.682. The molecule has 30 heavy (non-hydrogen) atoms. The third-order valence-electron chi connectivity index (χ3n) is 5.54. The molecule has 0 unspecified atom stereocenters. The lowest BCUT2D eigenvalue weighted by Gasteiger charge is -2.32. The van der Waals surface area contributed by atoms with Crippen LogP contribution < -0.4 is 14.9 Å². The number of hydrogen-bond acceptors (Lipinski definition) is 6. The summed E-state index contributed by atoms with van der Waals surface area (Å²) in [4.78, 5) is 14.2. The zero-order valence-electron chi connectivity index (χ0n) is 20.0. The summed E-state index contributed by atoms with van der Waals surface area (Å²) < 4.78 is 29.2. The van der Waals surface area contributed by atoms with Crippen LogP contribution in [-0.4, -0.2) is 55.7 Å². The molecule has 0 spiro atoms. The smallest absolute Gasteiger partial charge is 0.495 e. The minimum Gasteiger partial charge on any atom is -0.496 e. The molecule has 0 N–H and O–H groups in total. The van der Waals surface area contributed by atoms with Gasteiger partial charge in [0, 0.05) is 6.54 Å². The minimum absolute atomic E-state index is 0.293. The summed E-state index contributed by atoms with van der Waals surface area (Å²) in [6.07, 6.45) is -0.385. The molecule has 1 saturated heterocycles. The van der Waals surface area contributed by atoms with Crippen LogP contribution in [0.5, 0.6) is 11.5 Å². The normalized spacial score (nSPS) is 17.6. The number of amides is 1. The van der Waals surface area contributed by atoms with Crippen molar-refractivity contribution in [1.82, 2.24) is 4.90 Å². The van der Waals surface area contributed by atoms with Crippen molar-refractivity contribution in [3.8, 4) is 11.5 Å². The zero-order chi connectivity index (χ0) is 22.9. The molecular weight excluding hydrogens is 385 g/mol. The Morgan fingerprint density at radius 1 is 1.03 bits per heavy atom. The molecule has 1 heterocycles. The molecule has 1 aromatic carbocycles. The molecule has 1 amide bonds. The van der Waals surface area contributed by atoms with Crippen LogP contribution >= 0.6 is 0 Å². The van der Waals surface area contributed by atoms with Gasteiger partial charge >= 0.3 is 13.2 Å². The van der Waals surface area contributed by atoms with Crippen molar-refractivity contribution in [2.75, 3.05) is 20.8 Å². The average molecular weight is 421 g/mol. The van der Waals surface area contributed by atoms with Crippen LogP contribution in [0, 0.1) is 0 Å². The molecule has 2 rings (SSSR count). The summed E-state index contributed by atoms with van der Waals surface area (Å²) in [7, 11) is 2.64. The average Bonchev–Trinajstić information content (AvgIpc) is 2.84. The van der Waals surface area contributed by atoms with E-state index < -0.39 is 23.9 Å². The predicted molar refractivity (Wildman–Crippen MR) is 118 cm³/mol. The summed E-state index contributed by atoms with van der Waals surface area (Å²) in [5, 5.41) is 0. The molecule has 0 saturated carbocycles. The molecule has 8 heteroatoms. The second kappa shape index (κ2) is 8.67. The van der Waals surface area contributed by atoms with Gasteiger partial charge in [0.2, 0.25) is 0 Å². The SMILES string of the molecule is CCN(Cc1c(OC)cc(B2OC(C)(C)C(C)(C)O2)cc1OC)C(=O)OC(C)(C)C. The summed E-state index contributed by atoms with van der Waals surface area (Å²) in [5.74, 6) is 1.20. The maximum absolute atomic E-state index is 12.6. The lowest BCUT2D eigenvalue weighted by molar-refractivity contribution is 0.00578. The van der Waals surface area contributed by atoms with E-state index in [1.807, 2.05) is 67.5 Å². The number of rotatable bonds is 6. The summed E-state index contributed by atoms with van der Waals surface area (Å²) >= 11 is 0. The Kier molecular flexibility index (Phi) is 7.04. The maximum Gasteiger partial charge on any atom is 0.495 e. The van der Waals surface area contributed by atoms with Gasteiger partial charge in [0.15, 0.2) is 0 Å². The first kappa shape index (κ1) is 24.3. The second-order valence-corrected chi connectivity index (χ2v) is 9.49. The van der Waals surface area contributed by atoms with E-state index in [-0.39, 0.29) is 6.09 Å². The van der Waals surface area contributed by atoms with Gasteiger partial charge in [-0.3, -0.25) is 0 Å². The number of carbonyl (C=O) groups excluding carboxylic acids is 1. The zero-order valence-corrected chi connectivity index (χ0v) is 20.0. The highest BCUT2D eigenvalue weighted by atomic mass is 16.7. The molecule has 0 aliphatic carbocycles. The molecule has 1 aromatic rings. The minimum atomic E-state index is -0.570. The van der Waals surface area contributed by atoms with E-state index in [9.17, 15) is 4.79 Å². The summed E-state index contributed by atoms with van der Waals surface area (Å²) in [6.45, 7) is 16.3. The Morgan fingerprint density at radius 3 is 1.87 bits per heavy atom. The molecule has 0 aromatic heterocycles. The maximum atomic E-state index is 12.6. The first-order chi connectivity index (χ1) is 13.7. The van der Waals surface area contributed by atoms with E-state index in [0.717, 1.165) is 11.0 Å². The van der Waals surface area contributed by atoms with E-state index in [1.54, 1.807) is 19.1 Å². The molecule has 1 aliphatic rings. The molecule has 0 bridgehead atoms. The molecule has 7 nitrogen and oxygen atoms in total. The van der Waals surface area contributed by atoms with Crippen LogP contribution in [0.4, 0.5) is 4.79 Å². The van der Waals surface area contributed by atoms with Crippen LogP contribution in [-0.2, 0) is 20.6 Å². The highest BCUT2D eigenvalue weighted by Gasteiger charge is 2.52. The van der Waals surface area contributed by atoms with Gasteiger partial charge in [0.25, 0.3) is 0 Å². The fourth-order valence-corrected chi connectivity index (χ4v) is 3.10. The molecule has 1 fully saturated rings. The topological polar surface area (TPSA) is 66.5 Å². The van der Waals surface area contributed by atoms with Crippen molar-refractivity contribution in [1.29, 1.82) is 0 Å². The Bertz CT molecular complexity index is 730. The van der Waals surface area contributed by atoms with Gasteiger partial charge < -0.3 is 28.4 Å². The quantitative estimate of drug-likeness (QED) is 0.652. The Balaban J connectivity index is 2.37. The predicted octanol–water partition coefficient (Wildman–Crippen LogP) is 3.76. The Labute approximate surface area is 181 Å². The number of methoxy groups -OCH3 is 2. The van der Waals surface area contributed by atoms with Crippen molar-refractivity contribution in [3.05, 3.63) is 17.7 Å². The van der Waals surface area contributed by atoms with Crippen molar-refractivity contribution in [3.63, 3.8) is 0 Å². The molecule has 1 aliphatic heterocycles. The van der Waals surface area contributed by atoms with Crippen LogP contribution in [0.3, 0.4) is 0 Å². The lowest BCUT2D eigenvalue weighted by atomic mass is 9.78. The highest BCUT2D eigenvalue weighted by molar-refractivity contribution is 6.62. The Morgan fingerprint density at radius 2 is 1.50 bits per heavy atom. The highest BCUT2D eigenvalue weighted by Crippen LogP contribution is 2.38. The standard InChI is InChI=1S/C22H36BNO6/c1-11-24(19(25)28-20(2,3)4)14-16-17(26-9)12-15(13-18(16)27-10)23-29-21(5,6)22(7,8)30-23/h12-13H,11,14H2,1-10H3. The van der Waals surface area contributed by atoms with Gasteiger partial charge in [0.05, 0.1) is 37.5 Å². The van der Waals surface area contributed by atoms with E-state index >= 15 is 0 Å². The molecule has 168 valence electrons. The molecule has 0 atom stereocenters. The summed E-state index contributed by atoms with van der Waals surface area (Å²) in [5.41, 5.74) is 0.0811. The van der Waals surface area contributed by atoms with Gasteiger partial charge in [-0.25, -0.2) is 4.79 Å². The third kappa shape index (κ3) is 5.21. The largest absolute Gasteiger partial charge is 0.496 e. The van der Waals surface area contributed by atoms with Crippen molar-refractivity contribution >= 4 is 18.7 Å². The number of nitrogens with zero attached hydrogens (tertiary/aromatic N) is 1. The fourth-order valence-electron chi connectivity index (χ4n) is 3.10. The molecular formula is C22H36BNO6. The van der Waals surface area contributed by atoms with Gasteiger partial charge in [-0.15, -0.1) is 0 Å². The van der Waals surface area contributed by atoms with Crippen LogP contribution in [0.2, 0.25) is 0 Å². The van der Waals surface area contributed by atoms with Gasteiger partial charge in [0.1, 0.15) is 17.1 Å². The van der Waals surface area contributed by atoms with E-state index in [1.165, 1.54) is 0 Å². The van der Waals surface area contributed by atoms with Gasteiger partial charge in [-0.1, -0.05) is 0 Å². The summed E-state index contributed by atoms with van der Waals surface area (Å²) in [6, 6.07) is 3.76. The first-order valence-electron chi connectivity index (χ1n) is 10.3. The second-order valence-electron chi connectivity index (χ2n) is 9.49. The van der Waals surface area contributed by atoms with Crippen molar-refractivity contribution in [2.24, 2.45) is 0 Å². The Hall–Kier alpha value is -1.93. The lowest BCUT2D eigenvalue weighted by Crippen LogP contribution is -2.41. The van der Waals surface area contributed by atoms with Gasteiger partial charge in [-0.05, 0) is 73.0 Å². The van der Waals surface area contributed by atoms with Crippen LogP contribution in [0.1, 0.15) is 61.0 Å². The monoisotopic (exact) mass is 421 g/mol. The van der Waals surface area contributed by atoms with E-state index in [2.05, 4.69) is 0 Å². The van der Waals surface area contributed by atoms with Crippen LogP contribution in [0.15, 0.2) is 12.1 Å². The van der Waals surface area contributed by atoms with E-state index in [0.29, 0.717) is 24.6 Å². The van der Waals surface area contributed by atoms with Crippen LogP contribution in [0.25, 0.3) is 0 Å². The van der Waals surface area contributed by atoms with Crippen molar-refractivity contribution in [2.45, 2.75) is 78.7 Å².